The fourth-order valence-corrected chi connectivity index (χ4v) is 6.05. The number of hydrogen-bond donors (Lipinski definition) is 1. The number of nitrogens with one attached hydrogen (secondary N) is 1. The van der Waals surface area contributed by atoms with Gasteiger partial charge in [0.05, 0.1) is 16.8 Å². The zero-order valence-electron chi connectivity index (χ0n) is 19.3. The Morgan fingerprint density at radius 3 is 2.62 bits per heavy atom. The lowest BCUT2D eigenvalue weighted by molar-refractivity contribution is -0.133. The van der Waals surface area contributed by atoms with Crippen molar-refractivity contribution in [2.75, 3.05) is 13.1 Å². The van der Waals surface area contributed by atoms with E-state index in [-0.39, 0.29) is 17.9 Å². The number of nitrogens with zero attached hydrogens (tertiary/aromatic N) is 2. The topological polar surface area (TPSA) is 62.3 Å². The molecule has 3 aromatic rings. The molecule has 174 valence electrons. The molecule has 1 N–H and O–H groups in total. The van der Waals surface area contributed by atoms with E-state index in [1.165, 1.54) is 10.5 Å². The molecule has 6 rings (SSSR count). The van der Waals surface area contributed by atoms with Crippen molar-refractivity contribution in [1.82, 2.24) is 15.2 Å². The minimum Gasteiger partial charge on any atom is -0.349 e. The number of allylic oxidation sites excluding steroid dienone is 1. The molecule has 1 aromatic carbocycles. The van der Waals surface area contributed by atoms with Crippen LogP contribution < -0.4 is 5.32 Å². The number of thiophene rings is 1. The Morgan fingerprint density at radius 1 is 1.03 bits per heavy atom. The van der Waals surface area contributed by atoms with Crippen LogP contribution in [-0.2, 0) is 11.2 Å². The van der Waals surface area contributed by atoms with Gasteiger partial charge in [0.25, 0.3) is 5.91 Å². The smallest absolute Gasteiger partial charge is 0.252 e. The summed E-state index contributed by atoms with van der Waals surface area (Å²) in [6.45, 7) is 1.48. The third-order valence-electron chi connectivity index (χ3n) is 7.33. The summed E-state index contributed by atoms with van der Waals surface area (Å²) in [6, 6.07) is 12.3. The maximum Gasteiger partial charge on any atom is 0.252 e. The van der Waals surface area contributed by atoms with Gasteiger partial charge in [0.1, 0.15) is 0 Å². The van der Waals surface area contributed by atoms with Crippen molar-refractivity contribution >= 4 is 45.7 Å². The summed E-state index contributed by atoms with van der Waals surface area (Å²) in [5.74, 6) is 0.570. The maximum atomic E-state index is 13.7. The largest absolute Gasteiger partial charge is 0.349 e. The Hall–Kier alpha value is -2.99. The summed E-state index contributed by atoms with van der Waals surface area (Å²) in [5.41, 5.74) is 4.93. The molecular formula is C28H29N3O2S. The standard InChI is InChI=1S/C28H29N3O2S/c32-27(29-20-12-14-31(15-13-20)28(33)18-10-11-18)25-22-7-1-2-9-24(22)30-26-19(5-3-8-23(25)26)17-21-6-4-16-34-21/h1-2,4,6-7,9,16-18,20H,3,5,8,10-15H2,(H,29,32)/b19-17+. The highest BCUT2D eigenvalue weighted by Gasteiger charge is 2.35. The molecule has 1 saturated heterocycles. The predicted molar refractivity (Wildman–Crippen MR) is 137 cm³/mol. The highest BCUT2D eigenvalue weighted by atomic mass is 32.1. The van der Waals surface area contributed by atoms with E-state index in [2.05, 4.69) is 28.9 Å². The van der Waals surface area contributed by atoms with Crippen molar-refractivity contribution in [2.45, 2.75) is 51.0 Å². The average molecular weight is 472 g/mol. The van der Waals surface area contributed by atoms with Crippen LogP contribution in [0.1, 0.15) is 65.0 Å². The van der Waals surface area contributed by atoms with E-state index in [4.69, 9.17) is 4.98 Å². The van der Waals surface area contributed by atoms with Crippen LogP contribution in [0.25, 0.3) is 22.6 Å². The van der Waals surface area contributed by atoms with Gasteiger partial charge in [-0.25, -0.2) is 4.98 Å². The number of amides is 2. The van der Waals surface area contributed by atoms with Crippen molar-refractivity contribution in [1.29, 1.82) is 0 Å². The second-order valence-corrected chi connectivity index (χ2v) is 10.7. The lowest BCUT2D eigenvalue weighted by atomic mass is 9.86. The van der Waals surface area contributed by atoms with E-state index in [1.54, 1.807) is 11.3 Å². The van der Waals surface area contributed by atoms with Crippen LogP contribution >= 0.6 is 11.3 Å². The van der Waals surface area contributed by atoms with Crippen LogP contribution in [0.5, 0.6) is 0 Å². The van der Waals surface area contributed by atoms with Gasteiger partial charge >= 0.3 is 0 Å². The molecule has 0 bridgehead atoms. The third kappa shape index (κ3) is 4.16. The van der Waals surface area contributed by atoms with Gasteiger partial charge in [-0.3, -0.25) is 9.59 Å². The molecule has 2 aromatic heterocycles. The fourth-order valence-electron chi connectivity index (χ4n) is 5.37. The zero-order valence-corrected chi connectivity index (χ0v) is 20.1. The normalized spacial score (nSPS) is 19.9. The van der Waals surface area contributed by atoms with E-state index >= 15 is 0 Å². The first-order valence-corrected chi connectivity index (χ1v) is 13.3. The Bertz CT molecular complexity index is 1270. The van der Waals surface area contributed by atoms with Gasteiger partial charge < -0.3 is 10.2 Å². The minimum atomic E-state index is -0.000747. The molecule has 6 heteroatoms. The summed E-state index contributed by atoms with van der Waals surface area (Å²) in [7, 11) is 0. The van der Waals surface area contributed by atoms with Gasteiger partial charge in [-0.15, -0.1) is 11.3 Å². The third-order valence-corrected chi connectivity index (χ3v) is 8.14. The lowest BCUT2D eigenvalue weighted by Gasteiger charge is -2.33. The molecule has 1 saturated carbocycles. The summed E-state index contributed by atoms with van der Waals surface area (Å²) in [6.07, 6.45) is 8.82. The van der Waals surface area contributed by atoms with Crippen LogP contribution in [0, 0.1) is 5.92 Å². The molecule has 0 atom stereocenters. The number of rotatable bonds is 4. The van der Waals surface area contributed by atoms with E-state index < -0.39 is 0 Å². The number of fused-ring (bicyclic) bond motifs is 2. The van der Waals surface area contributed by atoms with Gasteiger partial charge in [0.15, 0.2) is 0 Å². The highest BCUT2D eigenvalue weighted by Crippen LogP contribution is 2.37. The van der Waals surface area contributed by atoms with Crippen molar-refractivity contribution < 1.29 is 9.59 Å². The molecule has 1 aliphatic heterocycles. The van der Waals surface area contributed by atoms with Crippen LogP contribution in [-0.4, -0.2) is 40.8 Å². The first-order valence-electron chi connectivity index (χ1n) is 12.4. The van der Waals surface area contributed by atoms with Crippen LogP contribution in [0.3, 0.4) is 0 Å². The SMILES string of the molecule is O=C(NC1CCN(C(=O)C2CC2)CC1)c1c2c(nc3ccccc13)/C(=C/c1cccs1)CCC2. The number of carbonyl (C=O) groups excluding carboxylic acids is 2. The Morgan fingerprint density at radius 2 is 1.85 bits per heavy atom. The highest BCUT2D eigenvalue weighted by molar-refractivity contribution is 7.10. The molecular weight excluding hydrogens is 442 g/mol. The molecule has 0 unspecified atom stereocenters. The summed E-state index contributed by atoms with van der Waals surface area (Å²) in [4.78, 5) is 34.4. The lowest BCUT2D eigenvalue weighted by Crippen LogP contribution is -2.47. The van der Waals surface area contributed by atoms with E-state index in [0.29, 0.717) is 5.91 Å². The first-order chi connectivity index (χ1) is 16.7. The van der Waals surface area contributed by atoms with E-state index in [1.807, 2.05) is 29.2 Å². The van der Waals surface area contributed by atoms with Gasteiger partial charge in [0, 0.05) is 35.3 Å². The van der Waals surface area contributed by atoms with E-state index in [9.17, 15) is 9.59 Å². The zero-order chi connectivity index (χ0) is 23.1. The van der Waals surface area contributed by atoms with Gasteiger partial charge in [-0.1, -0.05) is 24.3 Å². The van der Waals surface area contributed by atoms with Crippen LogP contribution in [0.2, 0.25) is 0 Å². The molecule has 2 amide bonds. The Kier molecular flexibility index (Phi) is 5.69. The number of piperidine rings is 1. The molecule has 3 heterocycles. The average Bonchev–Trinajstić information content (AvgIpc) is 3.59. The van der Waals surface area contributed by atoms with Crippen molar-refractivity contribution in [3.05, 3.63) is 63.5 Å². The summed E-state index contributed by atoms with van der Waals surface area (Å²) >= 11 is 1.72. The monoisotopic (exact) mass is 471 g/mol. The number of hydrogen-bond acceptors (Lipinski definition) is 4. The quantitative estimate of drug-likeness (QED) is 0.561. The molecule has 2 fully saturated rings. The molecule has 34 heavy (non-hydrogen) atoms. The second kappa shape index (κ2) is 8.99. The molecule has 3 aliphatic rings. The number of aromatic nitrogens is 1. The number of para-hydroxylation sites is 1. The molecule has 0 radical (unpaired) electrons. The fraction of sp³-hybridized carbons (Fsp3) is 0.393. The molecule has 2 aliphatic carbocycles. The van der Waals surface area contributed by atoms with Gasteiger partial charge in [0.2, 0.25) is 5.91 Å². The van der Waals surface area contributed by atoms with Crippen LogP contribution in [0.4, 0.5) is 0 Å². The predicted octanol–water partition coefficient (Wildman–Crippen LogP) is 5.30. The van der Waals surface area contributed by atoms with Gasteiger partial charge in [-0.2, -0.15) is 0 Å². The second-order valence-electron chi connectivity index (χ2n) is 9.72. The van der Waals surface area contributed by atoms with Crippen molar-refractivity contribution in [3.8, 4) is 0 Å². The van der Waals surface area contributed by atoms with Crippen molar-refractivity contribution in [2.24, 2.45) is 5.92 Å². The number of pyridine rings is 1. The minimum absolute atomic E-state index is 0.000747. The number of benzene rings is 1. The Balaban J connectivity index is 1.30. The summed E-state index contributed by atoms with van der Waals surface area (Å²) in [5, 5.41) is 6.34. The molecule has 0 spiro atoms. The number of likely N-dealkylation sites (tertiary alicyclic amines) is 1. The van der Waals surface area contributed by atoms with E-state index in [0.717, 1.165) is 85.8 Å². The number of carbonyl (C=O) groups is 2. The van der Waals surface area contributed by atoms with Gasteiger partial charge in [-0.05, 0) is 79.7 Å². The van der Waals surface area contributed by atoms with Crippen LogP contribution in [0.15, 0.2) is 41.8 Å². The molecule has 5 nitrogen and oxygen atoms in total. The van der Waals surface area contributed by atoms with Crippen molar-refractivity contribution in [3.63, 3.8) is 0 Å². The Labute approximate surface area is 203 Å². The maximum absolute atomic E-state index is 13.7. The first kappa shape index (κ1) is 21.5. The summed E-state index contributed by atoms with van der Waals surface area (Å²) < 4.78 is 0.